The lowest BCUT2D eigenvalue weighted by molar-refractivity contribution is 0.102. The molecule has 28 heavy (non-hydrogen) atoms. The van der Waals surface area contributed by atoms with Crippen molar-refractivity contribution < 1.29 is 14.0 Å². The van der Waals surface area contributed by atoms with Crippen LogP contribution in [0.4, 0.5) is 20.6 Å². The topological polar surface area (TPSA) is 73.5 Å². The fourth-order valence-electron chi connectivity index (χ4n) is 3.68. The maximum Gasteiger partial charge on any atom is 0.322 e. The van der Waals surface area contributed by atoms with Crippen LogP contribution in [0.25, 0.3) is 0 Å². The van der Waals surface area contributed by atoms with Crippen LogP contribution in [0.15, 0.2) is 30.3 Å². The Hall–Kier alpha value is -2.64. The number of fused-ring (bicyclic) bond motifs is 1. The molecule has 1 saturated heterocycles. The first-order valence-corrected chi connectivity index (χ1v) is 9.03. The lowest BCUT2D eigenvalue weighted by Gasteiger charge is -2.21. The number of amides is 3. The van der Waals surface area contributed by atoms with Gasteiger partial charge in [-0.1, -0.05) is 12.1 Å². The monoisotopic (exact) mass is 404 g/mol. The fraction of sp³-hybridized carbons (Fsp3) is 0.300. The minimum absolute atomic E-state index is 0. The smallest absolute Gasteiger partial charge is 0.322 e. The number of hydrogen-bond acceptors (Lipinski definition) is 3. The molecule has 2 aromatic carbocycles. The molecule has 6 nitrogen and oxygen atoms in total. The number of carbonyl (C=O) groups is 2. The van der Waals surface area contributed by atoms with Crippen LogP contribution < -0.4 is 20.9 Å². The van der Waals surface area contributed by atoms with E-state index in [0.717, 1.165) is 12.1 Å². The van der Waals surface area contributed by atoms with Gasteiger partial charge >= 0.3 is 6.03 Å². The molecule has 148 valence electrons. The molecule has 2 aromatic rings. The van der Waals surface area contributed by atoms with E-state index in [2.05, 4.69) is 16.0 Å². The Balaban J connectivity index is 0.00000225. The molecule has 0 spiro atoms. The van der Waals surface area contributed by atoms with Crippen LogP contribution in [0, 0.1) is 12.7 Å². The zero-order chi connectivity index (χ0) is 19.0. The van der Waals surface area contributed by atoms with Crippen LogP contribution in [0.2, 0.25) is 0 Å². The zero-order valence-corrected chi connectivity index (χ0v) is 16.3. The molecule has 0 aliphatic carbocycles. The van der Waals surface area contributed by atoms with Gasteiger partial charge in [0.1, 0.15) is 5.82 Å². The van der Waals surface area contributed by atoms with E-state index in [4.69, 9.17) is 0 Å². The summed E-state index contributed by atoms with van der Waals surface area (Å²) in [6.45, 7) is 4.28. The van der Waals surface area contributed by atoms with E-state index in [0.29, 0.717) is 48.4 Å². The molecule has 8 heteroatoms. The normalized spacial score (nSPS) is 15.5. The molecule has 0 saturated carbocycles. The summed E-state index contributed by atoms with van der Waals surface area (Å²) in [6.07, 6.45) is 0.601. The van der Waals surface area contributed by atoms with E-state index in [1.54, 1.807) is 30.0 Å². The van der Waals surface area contributed by atoms with Crippen LogP contribution in [0.1, 0.15) is 27.0 Å². The number of rotatable bonds is 3. The lowest BCUT2D eigenvalue weighted by Crippen LogP contribution is -2.29. The third-order valence-electron chi connectivity index (χ3n) is 5.15. The van der Waals surface area contributed by atoms with Gasteiger partial charge in [0.2, 0.25) is 0 Å². The van der Waals surface area contributed by atoms with E-state index < -0.39 is 0 Å². The average Bonchev–Trinajstić information content (AvgIpc) is 3.10. The van der Waals surface area contributed by atoms with Crippen molar-refractivity contribution in [3.05, 3.63) is 58.4 Å². The quantitative estimate of drug-likeness (QED) is 0.736. The number of carbonyl (C=O) groups excluding carboxylic acids is 2. The van der Waals surface area contributed by atoms with Crippen molar-refractivity contribution in [3.63, 3.8) is 0 Å². The Bertz CT molecular complexity index is 935. The van der Waals surface area contributed by atoms with Gasteiger partial charge in [0.05, 0.1) is 5.69 Å². The van der Waals surface area contributed by atoms with E-state index in [9.17, 15) is 14.0 Å². The molecule has 4 rings (SSSR count). The van der Waals surface area contributed by atoms with Crippen LogP contribution in [0.3, 0.4) is 0 Å². The standard InChI is InChI=1S/C20H21FN4O2.ClH/c1-12-14(3-2-4-17(12)25-10-9-23-20(25)27)19(26)24-16-6-5-13-11-22-8-7-15(13)18(16)21;/h2-6,22H,7-11H2,1H3,(H,23,27)(H,24,26);1H. The van der Waals surface area contributed by atoms with Crippen molar-refractivity contribution in [3.8, 4) is 0 Å². The second-order valence-corrected chi connectivity index (χ2v) is 6.78. The summed E-state index contributed by atoms with van der Waals surface area (Å²) < 4.78 is 14.8. The summed E-state index contributed by atoms with van der Waals surface area (Å²) in [6, 6.07) is 8.50. The average molecular weight is 405 g/mol. The highest BCUT2D eigenvalue weighted by Crippen LogP contribution is 2.27. The molecule has 1 fully saturated rings. The number of anilines is 2. The Morgan fingerprint density at radius 3 is 2.79 bits per heavy atom. The third kappa shape index (κ3) is 3.55. The number of nitrogens with one attached hydrogen (secondary N) is 3. The second kappa shape index (κ2) is 8.16. The highest BCUT2D eigenvalue weighted by atomic mass is 35.5. The molecule has 0 aromatic heterocycles. The first-order valence-electron chi connectivity index (χ1n) is 9.03. The van der Waals surface area contributed by atoms with Crippen LogP contribution in [-0.4, -0.2) is 31.6 Å². The van der Waals surface area contributed by atoms with Crippen molar-refractivity contribution in [1.82, 2.24) is 10.6 Å². The third-order valence-corrected chi connectivity index (χ3v) is 5.15. The van der Waals surface area contributed by atoms with Gasteiger partial charge in [0.25, 0.3) is 5.91 Å². The van der Waals surface area contributed by atoms with E-state index in [1.807, 2.05) is 12.1 Å². The zero-order valence-electron chi connectivity index (χ0n) is 15.5. The van der Waals surface area contributed by atoms with Crippen molar-refractivity contribution in [2.75, 3.05) is 29.9 Å². The minimum Gasteiger partial charge on any atom is -0.336 e. The molecule has 0 atom stereocenters. The van der Waals surface area contributed by atoms with Crippen molar-refractivity contribution in [2.45, 2.75) is 19.9 Å². The molecule has 3 N–H and O–H groups in total. The Labute approximate surface area is 168 Å². The highest BCUT2D eigenvalue weighted by Gasteiger charge is 2.25. The van der Waals surface area contributed by atoms with Crippen LogP contribution in [-0.2, 0) is 13.0 Å². The number of hydrogen-bond donors (Lipinski definition) is 3. The van der Waals surface area contributed by atoms with Crippen molar-refractivity contribution >= 4 is 35.7 Å². The van der Waals surface area contributed by atoms with Crippen molar-refractivity contribution in [1.29, 1.82) is 0 Å². The predicted octanol–water partition coefficient (Wildman–Crippen LogP) is 2.98. The fourth-order valence-corrected chi connectivity index (χ4v) is 3.68. The van der Waals surface area contributed by atoms with Crippen LogP contribution in [0.5, 0.6) is 0 Å². The number of urea groups is 1. The Morgan fingerprint density at radius 2 is 2.04 bits per heavy atom. The lowest BCUT2D eigenvalue weighted by atomic mass is 9.99. The van der Waals surface area contributed by atoms with Gasteiger partial charge in [0, 0.05) is 30.9 Å². The molecule has 0 unspecified atom stereocenters. The summed E-state index contributed by atoms with van der Waals surface area (Å²) >= 11 is 0. The van der Waals surface area contributed by atoms with E-state index in [1.165, 1.54) is 0 Å². The summed E-state index contributed by atoms with van der Waals surface area (Å²) in [4.78, 5) is 26.3. The molecule has 2 heterocycles. The van der Waals surface area contributed by atoms with Gasteiger partial charge in [0.15, 0.2) is 0 Å². The first-order chi connectivity index (χ1) is 13.1. The summed E-state index contributed by atoms with van der Waals surface area (Å²) in [5.41, 5.74) is 3.57. The largest absolute Gasteiger partial charge is 0.336 e. The molecule has 0 bridgehead atoms. The minimum atomic E-state index is -0.387. The van der Waals surface area contributed by atoms with Crippen molar-refractivity contribution in [2.24, 2.45) is 0 Å². The summed E-state index contributed by atoms with van der Waals surface area (Å²) in [5, 5.41) is 8.65. The number of nitrogens with zero attached hydrogens (tertiary/aromatic N) is 1. The Kier molecular flexibility index (Phi) is 5.86. The van der Waals surface area contributed by atoms with Gasteiger partial charge < -0.3 is 16.0 Å². The summed E-state index contributed by atoms with van der Waals surface area (Å²) in [5.74, 6) is -0.753. The van der Waals surface area contributed by atoms with Gasteiger partial charge in [-0.05, 0) is 54.8 Å². The van der Waals surface area contributed by atoms with Gasteiger partial charge in [-0.3, -0.25) is 9.69 Å². The highest BCUT2D eigenvalue weighted by molar-refractivity contribution is 6.07. The molecular formula is C20H22ClFN4O2. The summed E-state index contributed by atoms with van der Waals surface area (Å²) in [7, 11) is 0. The number of benzene rings is 2. The molecule has 2 aliphatic heterocycles. The first kappa shape index (κ1) is 20.1. The van der Waals surface area contributed by atoms with Gasteiger partial charge in [-0.25, -0.2) is 9.18 Å². The van der Waals surface area contributed by atoms with Gasteiger partial charge in [-0.15, -0.1) is 12.4 Å². The van der Waals surface area contributed by atoms with Crippen LogP contribution >= 0.6 is 12.4 Å². The predicted molar refractivity (Wildman–Crippen MR) is 109 cm³/mol. The van der Waals surface area contributed by atoms with Gasteiger partial charge in [-0.2, -0.15) is 0 Å². The molecule has 3 amide bonds. The molecule has 0 radical (unpaired) electrons. The van der Waals surface area contributed by atoms with E-state index >= 15 is 0 Å². The SMILES string of the molecule is Cc1c(C(=O)Nc2ccc3c(c2F)CCNC3)cccc1N1CCNC1=O.Cl. The molecule has 2 aliphatic rings. The molecular weight excluding hydrogens is 383 g/mol. The maximum absolute atomic E-state index is 14.8. The second-order valence-electron chi connectivity index (χ2n) is 6.78. The maximum atomic E-state index is 14.8. The Morgan fingerprint density at radius 1 is 1.21 bits per heavy atom. The number of halogens is 2. The van der Waals surface area contributed by atoms with E-state index in [-0.39, 0.29) is 35.8 Å².